The number of pyridine rings is 1. The second-order valence-corrected chi connectivity index (χ2v) is 8.75. The number of rotatable bonds is 5. The number of benzene rings is 1. The summed E-state index contributed by atoms with van der Waals surface area (Å²) in [6, 6.07) is 15.4. The highest BCUT2D eigenvalue weighted by molar-refractivity contribution is 7.20. The summed E-state index contributed by atoms with van der Waals surface area (Å²) in [5.41, 5.74) is 3.71. The third kappa shape index (κ3) is 3.48. The van der Waals surface area contributed by atoms with Crippen LogP contribution in [-0.2, 0) is 0 Å². The molecule has 1 unspecified atom stereocenters. The third-order valence-electron chi connectivity index (χ3n) is 5.53. The zero-order valence-corrected chi connectivity index (χ0v) is 17.7. The molecule has 1 aromatic carbocycles. The number of nitrogens with one attached hydrogen (secondary N) is 1. The number of amides is 1. The SMILES string of the molecule is Cc1nc(C2CC2)nc2sc(C(=O)NC(c3ccccc3)c3ccccn3)c(C)c12. The molecule has 3 aromatic heterocycles. The van der Waals surface area contributed by atoms with Crippen molar-refractivity contribution in [1.29, 1.82) is 0 Å². The average molecular weight is 415 g/mol. The lowest BCUT2D eigenvalue weighted by Crippen LogP contribution is -2.29. The van der Waals surface area contributed by atoms with Gasteiger partial charge < -0.3 is 5.32 Å². The van der Waals surface area contributed by atoms with E-state index in [-0.39, 0.29) is 11.9 Å². The lowest BCUT2D eigenvalue weighted by molar-refractivity contribution is 0.0946. The van der Waals surface area contributed by atoms with Crippen molar-refractivity contribution in [1.82, 2.24) is 20.3 Å². The number of carbonyl (C=O) groups excluding carboxylic acids is 1. The first kappa shape index (κ1) is 18.9. The van der Waals surface area contributed by atoms with Gasteiger partial charge in [-0.3, -0.25) is 9.78 Å². The normalized spacial score (nSPS) is 14.6. The molecule has 1 fully saturated rings. The lowest BCUT2D eigenvalue weighted by atomic mass is 10.0. The van der Waals surface area contributed by atoms with Crippen LogP contribution in [-0.4, -0.2) is 20.9 Å². The van der Waals surface area contributed by atoms with Gasteiger partial charge in [-0.25, -0.2) is 9.97 Å². The van der Waals surface area contributed by atoms with Crippen LogP contribution in [0.3, 0.4) is 0 Å². The van der Waals surface area contributed by atoms with Gasteiger partial charge in [-0.05, 0) is 49.9 Å². The molecule has 5 rings (SSSR count). The van der Waals surface area contributed by atoms with Crippen molar-refractivity contribution in [2.75, 3.05) is 0 Å². The van der Waals surface area contributed by atoms with Crippen LogP contribution in [0.2, 0.25) is 0 Å². The number of hydrogen-bond acceptors (Lipinski definition) is 5. The van der Waals surface area contributed by atoms with Gasteiger partial charge in [0.1, 0.15) is 10.7 Å². The standard InChI is InChI=1S/C24H22N4OS/c1-14-19-15(2)26-22(17-11-12-17)28-24(19)30-21(14)23(29)27-20(16-8-4-3-5-9-16)18-10-6-7-13-25-18/h3-10,13,17,20H,11-12H2,1-2H3,(H,27,29). The number of fused-ring (bicyclic) bond motifs is 1. The highest BCUT2D eigenvalue weighted by Gasteiger charge is 2.29. The van der Waals surface area contributed by atoms with E-state index in [0.717, 1.165) is 51.4 Å². The number of thiophene rings is 1. The summed E-state index contributed by atoms with van der Waals surface area (Å²) in [6.45, 7) is 4.00. The first-order valence-corrected chi connectivity index (χ1v) is 11.0. The smallest absolute Gasteiger partial charge is 0.262 e. The Bertz CT molecular complexity index is 1180. The topological polar surface area (TPSA) is 67.8 Å². The Morgan fingerprint density at radius 2 is 1.83 bits per heavy atom. The summed E-state index contributed by atoms with van der Waals surface area (Å²) < 4.78 is 0. The summed E-state index contributed by atoms with van der Waals surface area (Å²) in [5.74, 6) is 1.30. The molecule has 4 aromatic rings. The predicted molar refractivity (Wildman–Crippen MR) is 119 cm³/mol. The van der Waals surface area contributed by atoms with Crippen LogP contribution in [0, 0.1) is 13.8 Å². The first-order chi connectivity index (χ1) is 14.6. The van der Waals surface area contributed by atoms with Gasteiger partial charge in [0, 0.05) is 17.5 Å². The number of aromatic nitrogens is 3. The third-order valence-corrected chi connectivity index (χ3v) is 6.71. The van der Waals surface area contributed by atoms with Crippen molar-refractivity contribution in [3.8, 4) is 0 Å². The molecule has 1 saturated carbocycles. The molecule has 150 valence electrons. The number of carbonyl (C=O) groups is 1. The largest absolute Gasteiger partial charge is 0.339 e. The highest BCUT2D eigenvalue weighted by atomic mass is 32.1. The van der Waals surface area contributed by atoms with E-state index in [9.17, 15) is 4.79 Å². The molecular formula is C24H22N4OS. The van der Waals surface area contributed by atoms with Crippen LogP contribution in [0.1, 0.15) is 62.8 Å². The Kier molecular flexibility index (Phi) is 4.79. The lowest BCUT2D eigenvalue weighted by Gasteiger charge is -2.18. The molecule has 5 nitrogen and oxygen atoms in total. The van der Waals surface area contributed by atoms with E-state index in [1.807, 2.05) is 62.4 Å². The molecule has 0 saturated heterocycles. The van der Waals surface area contributed by atoms with Crippen LogP contribution < -0.4 is 5.32 Å². The van der Waals surface area contributed by atoms with Crippen LogP contribution in [0.5, 0.6) is 0 Å². The summed E-state index contributed by atoms with van der Waals surface area (Å²) in [7, 11) is 0. The summed E-state index contributed by atoms with van der Waals surface area (Å²) in [5, 5.41) is 4.20. The summed E-state index contributed by atoms with van der Waals surface area (Å²) in [4.78, 5) is 28.9. The Labute approximate surface area is 179 Å². The van der Waals surface area contributed by atoms with Crippen LogP contribution >= 0.6 is 11.3 Å². The molecule has 6 heteroatoms. The molecule has 3 heterocycles. The van der Waals surface area contributed by atoms with Gasteiger partial charge in [-0.15, -0.1) is 11.3 Å². The highest BCUT2D eigenvalue weighted by Crippen LogP contribution is 2.40. The minimum absolute atomic E-state index is 0.109. The van der Waals surface area contributed by atoms with Crippen molar-refractivity contribution >= 4 is 27.5 Å². The minimum atomic E-state index is -0.321. The molecule has 1 aliphatic carbocycles. The fraction of sp³-hybridized carbons (Fsp3) is 0.250. The van der Waals surface area contributed by atoms with E-state index in [2.05, 4.69) is 10.3 Å². The van der Waals surface area contributed by atoms with E-state index in [0.29, 0.717) is 10.8 Å². The maximum atomic E-state index is 13.4. The molecule has 0 radical (unpaired) electrons. The minimum Gasteiger partial charge on any atom is -0.339 e. The van der Waals surface area contributed by atoms with Gasteiger partial charge >= 0.3 is 0 Å². The maximum Gasteiger partial charge on any atom is 0.262 e. The van der Waals surface area contributed by atoms with Crippen LogP contribution in [0.4, 0.5) is 0 Å². The summed E-state index contributed by atoms with van der Waals surface area (Å²) >= 11 is 1.45. The van der Waals surface area contributed by atoms with E-state index in [4.69, 9.17) is 9.97 Å². The van der Waals surface area contributed by atoms with Crippen molar-refractivity contribution in [3.05, 3.63) is 87.9 Å². The molecule has 1 amide bonds. The Balaban J connectivity index is 1.52. The van der Waals surface area contributed by atoms with Gasteiger partial charge in [0.05, 0.1) is 22.3 Å². The molecule has 30 heavy (non-hydrogen) atoms. The first-order valence-electron chi connectivity index (χ1n) is 10.2. The Hall–Kier alpha value is -3.12. The van der Waals surface area contributed by atoms with Crippen LogP contribution in [0.25, 0.3) is 10.2 Å². The molecule has 0 spiro atoms. The number of aryl methyl sites for hydroxylation is 2. The van der Waals surface area contributed by atoms with Crippen molar-refractivity contribution < 1.29 is 4.79 Å². The molecule has 1 N–H and O–H groups in total. The molecular weight excluding hydrogens is 392 g/mol. The second kappa shape index (κ2) is 7.61. The van der Waals surface area contributed by atoms with Crippen molar-refractivity contribution in [3.63, 3.8) is 0 Å². The van der Waals surface area contributed by atoms with E-state index >= 15 is 0 Å². The number of nitrogens with zero attached hydrogens (tertiary/aromatic N) is 3. The van der Waals surface area contributed by atoms with E-state index in [1.54, 1.807) is 6.20 Å². The zero-order valence-electron chi connectivity index (χ0n) is 16.9. The van der Waals surface area contributed by atoms with Gasteiger partial charge in [-0.2, -0.15) is 0 Å². The summed E-state index contributed by atoms with van der Waals surface area (Å²) in [6.07, 6.45) is 4.07. The molecule has 1 aliphatic rings. The number of hydrogen-bond donors (Lipinski definition) is 1. The quantitative estimate of drug-likeness (QED) is 0.493. The van der Waals surface area contributed by atoms with Gasteiger partial charge in [-0.1, -0.05) is 36.4 Å². The molecule has 1 atom stereocenters. The van der Waals surface area contributed by atoms with E-state index in [1.165, 1.54) is 11.3 Å². The van der Waals surface area contributed by atoms with Crippen molar-refractivity contribution in [2.45, 2.75) is 38.6 Å². The predicted octanol–water partition coefficient (Wildman–Crippen LogP) is 5.10. The Morgan fingerprint density at radius 1 is 1.07 bits per heavy atom. The monoisotopic (exact) mass is 414 g/mol. The van der Waals surface area contributed by atoms with Gasteiger partial charge in [0.25, 0.3) is 5.91 Å². The zero-order chi connectivity index (χ0) is 20.7. The average Bonchev–Trinajstić information content (AvgIpc) is 3.56. The molecule has 0 aliphatic heterocycles. The van der Waals surface area contributed by atoms with Gasteiger partial charge in [0.2, 0.25) is 0 Å². The molecule has 0 bridgehead atoms. The second-order valence-electron chi connectivity index (χ2n) is 7.75. The van der Waals surface area contributed by atoms with Gasteiger partial charge in [0.15, 0.2) is 0 Å². The van der Waals surface area contributed by atoms with Crippen molar-refractivity contribution in [2.24, 2.45) is 0 Å². The Morgan fingerprint density at radius 3 is 2.53 bits per heavy atom. The van der Waals surface area contributed by atoms with E-state index < -0.39 is 0 Å². The fourth-order valence-corrected chi connectivity index (χ4v) is 4.96. The van der Waals surface area contributed by atoms with Crippen LogP contribution in [0.15, 0.2) is 54.7 Å². The fourth-order valence-electron chi connectivity index (χ4n) is 3.82. The maximum absolute atomic E-state index is 13.4.